The zero-order valence-electron chi connectivity index (χ0n) is 21.2. The van der Waals surface area contributed by atoms with Crippen LogP contribution in [0, 0.1) is 11.7 Å². The number of anilines is 1. The second kappa shape index (κ2) is 11.8. The minimum atomic E-state index is -3.73. The summed E-state index contributed by atoms with van der Waals surface area (Å²) in [5.41, 5.74) is -0.0591. The highest BCUT2D eigenvalue weighted by molar-refractivity contribution is 7.89. The van der Waals surface area contributed by atoms with Crippen molar-refractivity contribution < 1.29 is 27.2 Å². The van der Waals surface area contributed by atoms with Crippen molar-refractivity contribution in [3.8, 4) is 0 Å². The molecule has 1 atom stereocenters. The highest BCUT2D eigenvalue weighted by Gasteiger charge is 2.28. The predicted octanol–water partition coefficient (Wildman–Crippen LogP) is 2.90. The van der Waals surface area contributed by atoms with E-state index in [-0.39, 0.29) is 16.4 Å². The Labute approximate surface area is 216 Å². The van der Waals surface area contributed by atoms with E-state index in [2.05, 4.69) is 15.4 Å². The van der Waals surface area contributed by atoms with Crippen LogP contribution in [-0.4, -0.2) is 56.2 Å². The first-order valence-corrected chi connectivity index (χ1v) is 13.6. The molecule has 1 fully saturated rings. The molecule has 1 saturated heterocycles. The van der Waals surface area contributed by atoms with Gasteiger partial charge in [-0.05, 0) is 94.5 Å². The molecular formula is C26H33FN4O5S. The van der Waals surface area contributed by atoms with Gasteiger partial charge in [-0.2, -0.15) is 0 Å². The number of halogens is 1. The number of nitrogens with one attached hydrogen (secondary N) is 3. The van der Waals surface area contributed by atoms with Gasteiger partial charge in [-0.3, -0.25) is 14.4 Å². The standard InChI is InChI=1S/C26H33FN4O5S/c1-26(2,3)30-37(35,36)22-10-8-21(9-11-22)28-25(34)23(16-18-12-14-31(17-32)15-13-18)29-24(33)19-4-6-20(27)7-5-19/h4-11,17-18,23,30H,12-16H2,1-3H3,(H,28,34)(H,29,33). The average Bonchev–Trinajstić information content (AvgIpc) is 2.83. The number of hydrogen-bond acceptors (Lipinski definition) is 5. The largest absolute Gasteiger partial charge is 0.345 e. The van der Waals surface area contributed by atoms with Crippen LogP contribution in [0.3, 0.4) is 0 Å². The van der Waals surface area contributed by atoms with Crippen LogP contribution in [-0.2, 0) is 19.6 Å². The first-order valence-electron chi connectivity index (χ1n) is 12.1. The number of hydrogen-bond donors (Lipinski definition) is 3. The van der Waals surface area contributed by atoms with Gasteiger partial charge in [0.2, 0.25) is 22.3 Å². The van der Waals surface area contributed by atoms with Crippen molar-refractivity contribution in [3.63, 3.8) is 0 Å². The van der Waals surface area contributed by atoms with Gasteiger partial charge in [-0.15, -0.1) is 0 Å². The maximum Gasteiger partial charge on any atom is 0.251 e. The van der Waals surface area contributed by atoms with E-state index >= 15 is 0 Å². The lowest BCUT2D eigenvalue weighted by atomic mass is 9.90. The second-order valence-corrected chi connectivity index (χ2v) is 11.9. The summed E-state index contributed by atoms with van der Waals surface area (Å²) in [6, 6.07) is 9.88. The van der Waals surface area contributed by atoms with Gasteiger partial charge in [-0.25, -0.2) is 17.5 Å². The van der Waals surface area contributed by atoms with Crippen LogP contribution >= 0.6 is 0 Å². The van der Waals surface area contributed by atoms with Crippen LogP contribution in [0.2, 0.25) is 0 Å². The van der Waals surface area contributed by atoms with Gasteiger partial charge < -0.3 is 15.5 Å². The Morgan fingerprint density at radius 3 is 2.19 bits per heavy atom. The second-order valence-electron chi connectivity index (χ2n) is 10.2. The van der Waals surface area contributed by atoms with E-state index in [4.69, 9.17) is 0 Å². The summed E-state index contributed by atoms with van der Waals surface area (Å²) < 4.78 is 40.9. The molecule has 0 aliphatic carbocycles. The Hall–Kier alpha value is -3.31. The third-order valence-corrected chi connectivity index (χ3v) is 7.74. The minimum absolute atomic E-state index is 0.0588. The first-order chi connectivity index (χ1) is 17.4. The molecule has 0 aromatic heterocycles. The molecule has 1 aliphatic heterocycles. The zero-order chi connectivity index (χ0) is 27.2. The lowest BCUT2D eigenvalue weighted by Gasteiger charge is -2.31. The highest BCUT2D eigenvalue weighted by Crippen LogP contribution is 2.23. The Balaban J connectivity index is 1.73. The predicted molar refractivity (Wildman–Crippen MR) is 138 cm³/mol. The van der Waals surface area contributed by atoms with Crippen molar-refractivity contribution in [1.82, 2.24) is 14.9 Å². The molecule has 11 heteroatoms. The summed E-state index contributed by atoms with van der Waals surface area (Å²) in [6.07, 6.45) is 2.55. The molecule has 0 spiro atoms. The van der Waals surface area contributed by atoms with E-state index in [9.17, 15) is 27.2 Å². The lowest BCUT2D eigenvalue weighted by Crippen LogP contribution is -2.46. The Morgan fingerprint density at radius 1 is 1.05 bits per heavy atom. The number of rotatable bonds is 9. The van der Waals surface area contributed by atoms with Gasteiger partial charge in [0.05, 0.1) is 4.90 Å². The third kappa shape index (κ3) is 8.36. The number of carbonyl (C=O) groups is 3. The summed E-state index contributed by atoms with van der Waals surface area (Å²) in [7, 11) is -3.73. The topological polar surface area (TPSA) is 125 Å². The summed E-state index contributed by atoms with van der Waals surface area (Å²) in [5.74, 6) is -1.34. The summed E-state index contributed by atoms with van der Waals surface area (Å²) in [4.78, 5) is 38.8. The fraction of sp³-hybridized carbons (Fsp3) is 0.423. The van der Waals surface area contributed by atoms with Crippen molar-refractivity contribution in [3.05, 3.63) is 59.9 Å². The van der Waals surface area contributed by atoms with E-state index in [1.54, 1.807) is 25.7 Å². The van der Waals surface area contributed by atoms with Gasteiger partial charge in [0.1, 0.15) is 11.9 Å². The number of sulfonamides is 1. The summed E-state index contributed by atoms with van der Waals surface area (Å²) in [5, 5.41) is 5.49. The summed E-state index contributed by atoms with van der Waals surface area (Å²) >= 11 is 0. The molecule has 1 aliphatic rings. The van der Waals surface area contributed by atoms with Crippen LogP contribution in [0.25, 0.3) is 0 Å². The highest BCUT2D eigenvalue weighted by atomic mass is 32.2. The monoisotopic (exact) mass is 532 g/mol. The van der Waals surface area contributed by atoms with Crippen molar-refractivity contribution in [1.29, 1.82) is 0 Å². The lowest BCUT2D eigenvalue weighted by molar-refractivity contribution is -0.120. The fourth-order valence-corrected chi connectivity index (χ4v) is 5.53. The van der Waals surface area contributed by atoms with Crippen LogP contribution in [0.15, 0.2) is 53.4 Å². The number of likely N-dealkylation sites (tertiary alicyclic amines) is 1. The van der Waals surface area contributed by atoms with E-state index in [0.717, 1.165) is 6.41 Å². The van der Waals surface area contributed by atoms with Gasteiger partial charge >= 0.3 is 0 Å². The van der Waals surface area contributed by atoms with E-state index in [1.807, 2.05) is 0 Å². The third-order valence-electron chi connectivity index (χ3n) is 5.97. The quantitative estimate of drug-likeness (QED) is 0.429. The fourth-order valence-electron chi connectivity index (χ4n) is 4.11. The van der Waals surface area contributed by atoms with Crippen LogP contribution in [0.5, 0.6) is 0 Å². The molecule has 200 valence electrons. The Morgan fingerprint density at radius 2 is 1.65 bits per heavy atom. The summed E-state index contributed by atoms with van der Waals surface area (Å²) in [6.45, 7) is 6.37. The molecule has 1 heterocycles. The molecule has 3 rings (SSSR count). The van der Waals surface area contributed by atoms with Crippen LogP contribution in [0.4, 0.5) is 10.1 Å². The number of amides is 3. The van der Waals surface area contributed by atoms with Gasteiger partial charge in [0.15, 0.2) is 0 Å². The van der Waals surface area contributed by atoms with E-state index in [1.165, 1.54) is 48.5 Å². The Kier molecular flexibility index (Phi) is 9.03. The van der Waals surface area contributed by atoms with Crippen molar-refractivity contribution in [2.45, 2.75) is 56.5 Å². The molecule has 0 saturated carbocycles. The van der Waals surface area contributed by atoms with Crippen molar-refractivity contribution in [2.24, 2.45) is 5.92 Å². The molecule has 2 aromatic rings. The average molecular weight is 533 g/mol. The van der Waals surface area contributed by atoms with Gasteiger partial charge in [-0.1, -0.05) is 0 Å². The molecule has 3 N–H and O–H groups in total. The molecular weight excluding hydrogens is 499 g/mol. The molecule has 37 heavy (non-hydrogen) atoms. The molecule has 3 amide bonds. The minimum Gasteiger partial charge on any atom is -0.345 e. The SMILES string of the molecule is CC(C)(C)NS(=O)(=O)c1ccc(NC(=O)C(CC2CCN(C=O)CC2)NC(=O)c2ccc(F)cc2)cc1. The Bertz CT molecular complexity index is 1200. The maximum absolute atomic E-state index is 13.3. The van der Waals surface area contributed by atoms with E-state index < -0.39 is 39.2 Å². The first kappa shape index (κ1) is 28.3. The molecule has 0 bridgehead atoms. The zero-order valence-corrected chi connectivity index (χ0v) is 22.0. The van der Waals surface area contributed by atoms with Crippen LogP contribution < -0.4 is 15.4 Å². The molecule has 1 unspecified atom stereocenters. The molecule has 9 nitrogen and oxygen atoms in total. The number of carbonyl (C=O) groups excluding carboxylic acids is 3. The molecule has 2 aromatic carbocycles. The smallest absolute Gasteiger partial charge is 0.251 e. The van der Waals surface area contributed by atoms with Gasteiger partial charge in [0, 0.05) is 29.9 Å². The number of piperidine rings is 1. The normalized spacial score (nSPS) is 15.6. The number of benzene rings is 2. The van der Waals surface area contributed by atoms with Gasteiger partial charge in [0.25, 0.3) is 5.91 Å². The van der Waals surface area contributed by atoms with Crippen molar-refractivity contribution >= 4 is 33.9 Å². The molecule has 0 radical (unpaired) electrons. The van der Waals surface area contributed by atoms with E-state index in [0.29, 0.717) is 38.0 Å². The van der Waals surface area contributed by atoms with Crippen molar-refractivity contribution in [2.75, 3.05) is 18.4 Å². The maximum atomic E-state index is 13.3. The van der Waals surface area contributed by atoms with Crippen LogP contribution in [0.1, 0.15) is 50.4 Å². The number of nitrogens with zero attached hydrogens (tertiary/aromatic N) is 1.